The number of carbonyl (C=O) groups is 1. The number of hydrogen-bond acceptors (Lipinski definition) is 5. The fourth-order valence-electron chi connectivity index (χ4n) is 2.81. The van der Waals surface area contributed by atoms with Crippen LogP contribution < -0.4 is 10.6 Å². The number of nitrogens with one attached hydrogen (secondary N) is 2. The van der Waals surface area contributed by atoms with Crippen molar-refractivity contribution in [3.05, 3.63) is 12.2 Å². The van der Waals surface area contributed by atoms with Gasteiger partial charge in [0.1, 0.15) is 12.2 Å². The maximum Gasteiger partial charge on any atom is 0.234 e. The molecule has 1 saturated heterocycles. The van der Waals surface area contributed by atoms with Crippen molar-refractivity contribution in [2.24, 2.45) is 0 Å². The van der Waals surface area contributed by atoms with Crippen molar-refractivity contribution in [1.29, 1.82) is 0 Å². The number of amides is 1. The van der Waals surface area contributed by atoms with Gasteiger partial charge in [0.15, 0.2) is 0 Å². The zero-order valence-electron chi connectivity index (χ0n) is 13.2. The predicted molar refractivity (Wildman–Crippen MR) is 80.8 cm³/mol. The molecule has 2 N–H and O–H groups in total. The molecule has 0 saturated carbocycles. The molecule has 0 bridgehead atoms. The van der Waals surface area contributed by atoms with Crippen molar-refractivity contribution in [3.8, 4) is 0 Å². The van der Waals surface area contributed by atoms with E-state index in [9.17, 15) is 4.79 Å². The average molecular weight is 294 g/mol. The molecule has 2 rings (SSSR count). The van der Waals surface area contributed by atoms with Gasteiger partial charge in [-0.25, -0.2) is 9.67 Å². The molecular weight excluding hydrogens is 268 g/mol. The molecule has 1 atom stereocenters. The van der Waals surface area contributed by atoms with Crippen LogP contribution in [-0.2, 0) is 11.3 Å². The molecule has 118 valence electrons. The molecule has 0 radical (unpaired) electrons. The van der Waals surface area contributed by atoms with Crippen LogP contribution in [0.3, 0.4) is 0 Å². The van der Waals surface area contributed by atoms with Gasteiger partial charge in [0.05, 0.1) is 12.6 Å². The summed E-state index contributed by atoms with van der Waals surface area (Å²) < 4.78 is 1.81. The van der Waals surface area contributed by atoms with E-state index in [-0.39, 0.29) is 11.9 Å². The first-order valence-corrected chi connectivity index (χ1v) is 7.69. The molecule has 2 heterocycles. The third kappa shape index (κ3) is 4.25. The molecule has 0 spiro atoms. The summed E-state index contributed by atoms with van der Waals surface area (Å²) >= 11 is 0. The van der Waals surface area contributed by atoms with Crippen LogP contribution in [0.25, 0.3) is 0 Å². The van der Waals surface area contributed by atoms with Crippen LogP contribution in [0.2, 0.25) is 0 Å². The van der Waals surface area contributed by atoms with Crippen molar-refractivity contribution < 1.29 is 4.79 Å². The molecule has 1 aromatic heterocycles. The lowest BCUT2D eigenvalue weighted by molar-refractivity contribution is -0.123. The van der Waals surface area contributed by atoms with Crippen LogP contribution in [0.1, 0.15) is 38.6 Å². The Morgan fingerprint density at radius 3 is 2.95 bits per heavy atom. The molecule has 1 fully saturated rings. The summed E-state index contributed by atoms with van der Waals surface area (Å²) in [5.74, 6) is 0.838. The fraction of sp³-hybridized carbons (Fsp3) is 0.786. The SMILES string of the molecule is CCn1ncnc1[C@H](C)NC(=O)CN(C)C1CCNCC1. The highest BCUT2D eigenvalue weighted by molar-refractivity contribution is 5.78. The molecule has 1 aliphatic heterocycles. The minimum Gasteiger partial charge on any atom is -0.345 e. The maximum absolute atomic E-state index is 12.2. The lowest BCUT2D eigenvalue weighted by Gasteiger charge is -2.31. The summed E-state index contributed by atoms with van der Waals surface area (Å²) in [5.41, 5.74) is 0. The molecule has 7 nitrogen and oxygen atoms in total. The van der Waals surface area contributed by atoms with E-state index in [1.54, 1.807) is 0 Å². The summed E-state index contributed by atoms with van der Waals surface area (Å²) in [6.45, 7) is 7.20. The van der Waals surface area contributed by atoms with E-state index in [0.29, 0.717) is 12.6 Å². The standard InChI is InChI=1S/C14H26N6O/c1-4-20-14(16-10-17-20)11(2)18-13(21)9-19(3)12-5-7-15-8-6-12/h10-12,15H,4-9H2,1-3H3,(H,18,21)/t11-/m0/s1. The van der Waals surface area contributed by atoms with Gasteiger partial charge in [0, 0.05) is 12.6 Å². The summed E-state index contributed by atoms with van der Waals surface area (Å²) in [7, 11) is 2.02. The maximum atomic E-state index is 12.2. The number of hydrogen-bond donors (Lipinski definition) is 2. The van der Waals surface area contributed by atoms with E-state index < -0.39 is 0 Å². The Kier molecular flexibility index (Phi) is 5.69. The van der Waals surface area contributed by atoms with Gasteiger partial charge in [-0.2, -0.15) is 5.10 Å². The third-order valence-electron chi connectivity index (χ3n) is 4.03. The molecule has 0 aromatic carbocycles. The second-order valence-electron chi connectivity index (χ2n) is 5.62. The number of rotatable bonds is 6. The molecular formula is C14H26N6O. The minimum absolute atomic E-state index is 0.0363. The Morgan fingerprint density at radius 1 is 1.57 bits per heavy atom. The van der Waals surface area contributed by atoms with Crippen molar-refractivity contribution >= 4 is 5.91 Å². The van der Waals surface area contributed by atoms with Crippen LogP contribution >= 0.6 is 0 Å². The number of likely N-dealkylation sites (N-methyl/N-ethyl adjacent to an activating group) is 1. The van der Waals surface area contributed by atoms with Crippen molar-refractivity contribution in [1.82, 2.24) is 30.3 Å². The number of aryl methyl sites for hydroxylation is 1. The smallest absolute Gasteiger partial charge is 0.234 e. The number of aromatic nitrogens is 3. The van der Waals surface area contributed by atoms with E-state index >= 15 is 0 Å². The van der Waals surface area contributed by atoms with Crippen molar-refractivity contribution in [2.75, 3.05) is 26.7 Å². The summed E-state index contributed by atoms with van der Waals surface area (Å²) in [6.07, 6.45) is 3.73. The number of nitrogens with zero attached hydrogens (tertiary/aromatic N) is 4. The van der Waals surface area contributed by atoms with Gasteiger partial charge in [-0.1, -0.05) is 0 Å². The fourth-order valence-corrected chi connectivity index (χ4v) is 2.81. The quantitative estimate of drug-likeness (QED) is 0.782. The number of piperidine rings is 1. The first-order chi connectivity index (χ1) is 10.1. The van der Waals surface area contributed by atoms with Crippen LogP contribution in [0.5, 0.6) is 0 Å². The van der Waals surface area contributed by atoms with Crippen molar-refractivity contribution in [3.63, 3.8) is 0 Å². The van der Waals surface area contributed by atoms with Gasteiger partial charge in [-0.05, 0) is 46.8 Å². The Morgan fingerprint density at radius 2 is 2.29 bits per heavy atom. The van der Waals surface area contributed by atoms with Crippen LogP contribution in [0, 0.1) is 0 Å². The van der Waals surface area contributed by atoms with Crippen molar-refractivity contribution in [2.45, 2.75) is 45.3 Å². The molecule has 1 amide bonds. The van der Waals surface area contributed by atoms with E-state index in [4.69, 9.17) is 0 Å². The third-order valence-corrected chi connectivity index (χ3v) is 4.03. The Bertz CT molecular complexity index is 454. The Labute approximate surface area is 126 Å². The first kappa shape index (κ1) is 15.9. The summed E-state index contributed by atoms with van der Waals surface area (Å²) in [6, 6.07) is 0.368. The zero-order valence-corrected chi connectivity index (χ0v) is 13.2. The first-order valence-electron chi connectivity index (χ1n) is 7.69. The Balaban J connectivity index is 1.83. The van der Waals surface area contributed by atoms with Gasteiger partial charge < -0.3 is 10.6 Å². The highest BCUT2D eigenvalue weighted by Gasteiger charge is 2.21. The Hall–Kier alpha value is -1.47. The van der Waals surface area contributed by atoms with Crippen LogP contribution in [0.15, 0.2) is 6.33 Å². The van der Waals surface area contributed by atoms with Gasteiger partial charge in [0.2, 0.25) is 5.91 Å². The average Bonchev–Trinajstić information content (AvgIpc) is 2.96. The molecule has 7 heteroatoms. The van der Waals surface area contributed by atoms with Gasteiger partial charge in [-0.15, -0.1) is 0 Å². The number of carbonyl (C=O) groups excluding carboxylic acids is 1. The molecule has 0 unspecified atom stereocenters. The van der Waals surface area contributed by atoms with Crippen LogP contribution in [-0.4, -0.2) is 58.3 Å². The van der Waals surface area contributed by atoms with E-state index in [1.165, 1.54) is 6.33 Å². The van der Waals surface area contributed by atoms with Gasteiger partial charge in [0.25, 0.3) is 0 Å². The van der Waals surface area contributed by atoms with Crippen LogP contribution in [0.4, 0.5) is 0 Å². The molecule has 21 heavy (non-hydrogen) atoms. The van der Waals surface area contributed by atoms with E-state index in [1.807, 2.05) is 25.6 Å². The molecule has 0 aliphatic carbocycles. The summed E-state index contributed by atoms with van der Waals surface area (Å²) in [5, 5.41) is 10.5. The monoisotopic (exact) mass is 294 g/mol. The highest BCUT2D eigenvalue weighted by Crippen LogP contribution is 2.11. The topological polar surface area (TPSA) is 75.1 Å². The highest BCUT2D eigenvalue weighted by atomic mass is 16.2. The second-order valence-corrected chi connectivity index (χ2v) is 5.62. The van der Waals surface area contributed by atoms with Gasteiger partial charge in [-0.3, -0.25) is 9.69 Å². The molecule has 1 aromatic rings. The second kappa shape index (κ2) is 7.51. The van der Waals surface area contributed by atoms with E-state index in [0.717, 1.165) is 38.3 Å². The summed E-state index contributed by atoms with van der Waals surface area (Å²) in [4.78, 5) is 18.5. The largest absolute Gasteiger partial charge is 0.345 e. The predicted octanol–water partition coefficient (Wildman–Crippen LogP) is 0.159. The normalized spacial score (nSPS) is 17.9. The lowest BCUT2D eigenvalue weighted by Crippen LogP contribution is -2.45. The minimum atomic E-state index is -0.124. The van der Waals surface area contributed by atoms with E-state index in [2.05, 4.69) is 25.6 Å². The zero-order chi connectivity index (χ0) is 15.2. The van der Waals surface area contributed by atoms with Gasteiger partial charge >= 0.3 is 0 Å². The molecule has 1 aliphatic rings. The lowest BCUT2D eigenvalue weighted by atomic mass is 10.1.